The van der Waals surface area contributed by atoms with Crippen LogP contribution in [0.3, 0.4) is 0 Å². The SMILES string of the molecule is CCOc1cc(C(F)(F)F)ccc1OC1=CC=C2C(C1)OC1C(C(=O)O)C21. The third-order valence-electron chi connectivity index (χ3n) is 4.98. The van der Waals surface area contributed by atoms with Gasteiger partial charge in [-0.05, 0) is 36.8 Å². The molecule has 0 bridgehead atoms. The van der Waals surface area contributed by atoms with Gasteiger partial charge in [0.05, 0.1) is 30.3 Å². The van der Waals surface area contributed by atoms with Crippen LogP contribution in [-0.2, 0) is 15.7 Å². The summed E-state index contributed by atoms with van der Waals surface area (Å²) in [4.78, 5) is 11.1. The molecule has 2 fully saturated rings. The number of alkyl halides is 3. The highest BCUT2D eigenvalue weighted by Crippen LogP contribution is 2.56. The molecule has 144 valence electrons. The molecule has 2 aliphatic carbocycles. The fourth-order valence-electron chi connectivity index (χ4n) is 3.70. The number of halogens is 3. The minimum absolute atomic E-state index is 0.0177. The zero-order valence-electron chi connectivity index (χ0n) is 14.3. The highest BCUT2D eigenvalue weighted by molar-refractivity contribution is 5.77. The van der Waals surface area contributed by atoms with Crippen molar-refractivity contribution in [2.24, 2.45) is 11.8 Å². The maximum atomic E-state index is 12.9. The van der Waals surface area contributed by atoms with E-state index in [-0.39, 0.29) is 36.2 Å². The Labute approximate surface area is 153 Å². The van der Waals surface area contributed by atoms with E-state index in [2.05, 4.69) is 0 Å². The summed E-state index contributed by atoms with van der Waals surface area (Å²) in [5.41, 5.74) is 0.134. The van der Waals surface area contributed by atoms with Gasteiger partial charge in [0.25, 0.3) is 0 Å². The molecule has 1 aromatic rings. The summed E-state index contributed by atoms with van der Waals surface area (Å²) in [6.07, 6.45) is -1.11. The lowest BCUT2D eigenvalue weighted by Gasteiger charge is -2.23. The molecule has 1 aromatic carbocycles. The topological polar surface area (TPSA) is 65.0 Å². The largest absolute Gasteiger partial charge is 0.490 e. The molecule has 1 saturated heterocycles. The molecule has 1 N–H and O–H groups in total. The van der Waals surface area contributed by atoms with Crippen molar-refractivity contribution < 1.29 is 37.3 Å². The summed E-state index contributed by atoms with van der Waals surface area (Å²) in [6.45, 7) is 1.88. The van der Waals surface area contributed by atoms with Crippen molar-refractivity contribution in [2.45, 2.75) is 31.7 Å². The molecule has 5 nitrogen and oxygen atoms in total. The van der Waals surface area contributed by atoms with Gasteiger partial charge in [0.15, 0.2) is 11.5 Å². The number of ether oxygens (including phenoxy) is 3. The van der Waals surface area contributed by atoms with Crippen molar-refractivity contribution in [2.75, 3.05) is 6.61 Å². The van der Waals surface area contributed by atoms with Gasteiger partial charge in [0, 0.05) is 12.3 Å². The molecule has 0 amide bonds. The molecular weight excluding hydrogens is 365 g/mol. The monoisotopic (exact) mass is 382 g/mol. The Kier molecular flexibility index (Phi) is 4.18. The highest BCUT2D eigenvalue weighted by Gasteiger charge is 2.64. The first-order valence-corrected chi connectivity index (χ1v) is 8.60. The number of hydrogen-bond donors (Lipinski definition) is 1. The van der Waals surface area contributed by atoms with Gasteiger partial charge in [-0.15, -0.1) is 0 Å². The molecule has 1 saturated carbocycles. The Balaban J connectivity index is 1.53. The van der Waals surface area contributed by atoms with Gasteiger partial charge in [-0.1, -0.05) is 6.08 Å². The van der Waals surface area contributed by atoms with Gasteiger partial charge in [-0.25, -0.2) is 0 Å². The summed E-state index contributed by atoms with van der Waals surface area (Å²) in [6, 6.07) is 3.10. The summed E-state index contributed by atoms with van der Waals surface area (Å²) < 4.78 is 55.5. The zero-order chi connectivity index (χ0) is 19.3. The smallest absolute Gasteiger partial charge is 0.416 e. The van der Waals surface area contributed by atoms with E-state index in [4.69, 9.17) is 19.3 Å². The maximum Gasteiger partial charge on any atom is 0.416 e. The van der Waals surface area contributed by atoms with Crippen LogP contribution in [0.15, 0.2) is 41.7 Å². The molecule has 0 aromatic heterocycles. The molecular formula is C19H17F3O5. The Morgan fingerprint density at radius 2 is 2.07 bits per heavy atom. The first-order chi connectivity index (χ1) is 12.8. The van der Waals surface area contributed by atoms with Crippen LogP contribution in [0.2, 0.25) is 0 Å². The van der Waals surface area contributed by atoms with Crippen LogP contribution in [0.4, 0.5) is 13.2 Å². The van der Waals surface area contributed by atoms with E-state index in [9.17, 15) is 18.0 Å². The molecule has 27 heavy (non-hydrogen) atoms. The van der Waals surface area contributed by atoms with E-state index in [1.165, 1.54) is 6.07 Å². The van der Waals surface area contributed by atoms with Crippen LogP contribution in [0.5, 0.6) is 11.5 Å². The lowest BCUT2D eigenvalue weighted by molar-refractivity contribution is -0.140. The fraction of sp³-hybridized carbons (Fsp3) is 0.421. The van der Waals surface area contributed by atoms with E-state index in [0.717, 1.165) is 17.7 Å². The molecule has 4 rings (SSSR count). The molecule has 8 heteroatoms. The number of carbonyl (C=O) groups is 1. The zero-order valence-corrected chi connectivity index (χ0v) is 14.3. The Morgan fingerprint density at radius 3 is 2.74 bits per heavy atom. The van der Waals surface area contributed by atoms with Gasteiger partial charge in [0.1, 0.15) is 5.76 Å². The van der Waals surface area contributed by atoms with Crippen LogP contribution in [0, 0.1) is 11.8 Å². The van der Waals surface area contributed by atoms with E-state index in [1.807, 2.05) is 0 Å². The van der Waals surface area contributed by atoms with Crippen LogP contribution >= 0.6 is 0 Å². The summed E-state index contributed by atoms with van der Waals surface area (Å²) >= 11 is 0. The number of carboxylic acid groups (broad SMARTS) is 1. The van der Waals surface area contributed by atoms with E-state index in [0.29, 0.717) is 12.2 Å². The summed E-state index contributed by atoms with van der Waals surface area (Å²) in [7, 11) is 0. The van der Waals surface area contributed by atoms with E-state index in [1.54, 1.807) is 19.1 Å². The first kappa shape index (κ1) is 17.9. The van der Waals surface area contributed by atoms with Crippen LogP contribution in [0.25, 0.3) is 0 Å². The van der Waals surface area contributed by atoms with Gasteiger partial charge in [-0.3, -0.25) is 4.79 Å². The van der Waals surface area contributed by atoms with Gasteiger partial charge in [0.2, 0.25) is 0 Å². The average molecular weight is 382 g/mol. The van der Waals surface area contributed by atoms with Crippen molar-refractivity contribution in [1.82, 2.24) is 0 Å². The van der Waals surface area contributed by atoms with Crippen molar-refractivity contribution in [1.29, 1.82) is 0 Å². The third-order valence-corrected chi connectivity index (χ3v) is 4.98. The lowest BCUT2D eigenvalue weighted by Crippen LogP contribution is -2.21. The number of fused-ring (bicyclic) bond motifs is 3. The fourth-order valence-corrected chi connectivity index (χ4v) is 3.70. The third kappa shape index (κ3) is 3.18. The average Bonchev–Trinajstić information content (AvgIpc) is 3.19. The second-order valence-electron chi connectivity index (χ2n) is 6.68. The molecule has 1 heterocycles. The number of rotatable bonds is 5. The predicted molar refractivity (Wildman–Crippen MR) is 87.3 cm³/mol. The molecule has 4 unspecified atom stereocenters. The van der Waals surface area contributed by atoms with Gasteiger partial charge < -0.3 is 19.3 Å². The summed E-state index contributed by atoms with van der Waals surface area (Å²) in [5, 5.41) is 9.12. The Bertz CT molecular complexity index is 842. The van der Waals surface area contributed by atoms with E-state index < -0.39 is 23.6 Å². The minimum atomic E-state index is -4.47. The number of carboxylic acids is 1. The molecule has 1 aliphatic heterocycles. The Morgan fingerprint density at radius 1 is 1.30 bits per heavy atom. The first-order valence-electron chi connectivity index (χ1n) is 8.60. The van der Waals surface area contributed by atoms with Crippen LogP contribution in [0.1, 0.15) is 18.9 Å². The number of benzene rings is 1. The predicted octanol–water partition coefficient (Wildman–Crippen LogP) is 3.79. The standard InChI is InChI=1S/C19H17F3O5/c1-2-25-14-7-9(19(20,21)22)3-6-12(14)26-10-4-5-11-13(8-10)27-17-15(11)16(17)18(23)24/h3-7,13,15-17H,2,8H2,1H3,(H,23,24). The highest BCUT2D eigenvalue weighted by atomic mass is 19.4. The van der Waals surface area contributed by atoms with E-state index >= 15 is 0 Å². The number of hydrogen-bond acceptors (Lipinski definition) is 4. The normalized spacial score (nSPS) is 28.6. The second-order valence-corrected chi connectivity index (χ2v) is 6.68. The van der Waals surface area contributed by atoms with Crippen LogP contribution < -0.4 is 9.47 Å². The van der Waals surface area contributed by atoms with Crippen molar-refractivity contribution in [3.8, 4) is 11.5 Å². The van der Waals surface area contributed by atoms with Crippen LogP contribution in [-0.4, -0.2) is 29.9 Å². The van der Waals surface area contributed by atoms with Crippen molar-refractivity contribution in [3.63, 3.8) is 0 Å². The van der Waals surface area contributed by atoms with Crippen molar-refractivity contribution >= 4 is 5.97 Å². The number of aliphatic carboxylic acids is 1. The van der Waals surface area contributed by atoms with Gasteiger partial charge >= 0.3 is 12.1 Å². The van der Waals surface area contributed by atoms with Gasteiger partial charge in [-0.2, -0.15) is 13.2 Å². The molecule has 0 radical (unpaired) electrons. The number of allylic oxidation sites excluding steroid dienone is 2. The summed E-state index contributed by atoms with van der Waals surface area (Å²) in [5.74, 6) is -0.694. The Hall–Kier alpha value is -2.48. The lowest BCUT2D eigenvalue weighted by atomic mass is 9.96. The molecule has 3 aliphatic rings. The molecule has 0 spiro atoms. The maximum absolute atomic E-state index is 12.9. The van der Waals surface area contributed by atoms with Crippen molar-refractivity contribution in [3.05, 3.63) is 47.2 Å². The second kappa shape index (κ2) is 6.30. The molecule has 4 atom stereocenters. The minimum Gasteiger partial charge on any atom is -0.490 e. The quantitative estimate of drug-likeness (QED) is 0.839.